The number of carboxylic acid groups (broad SMARTS) is 1. The molecule has 0 aromatic heterocycles. The molecular formula is C3H6O4Ti. The van der Waals surface area contributed by atoms with Crippen LogP contribution in [0, 0.1) is 0 Å². The maximum Gasteiger partial charge on any atom is 0.308 e. The first-order chi connectivity index (χ1) is 3.13. The molecule has 0 unspecified atom stereocenters. The number of hydrogen-bond acceptors (Lipinski definition) is 3. The van der Waals surface area contributed by atoms with Gasteiger partial charge in [-0.05, 0) is 0 Å². The summed E-state index contributed by atoms with van der Waals surface area (Å²) in [5.74, 6) is -1.21. The molecule has 46 valence electrons. The number of carboxylic acids is 1. The minimum atomic E-state index is -1.72. The van der Waals surface area contributed by atoms with E-state index in [1.165, 1.54) is 0 Å². The van der Waals surface area contributed by atoms with Crippen molar-refractivity contribution in [3.63, 3.8) is 0 Å². The molecular weight excluding hydrogens is 148 g/mol. The summed E-state index contributed by atoms with van der Waals surface area (Å²) < 4.78 is 0. The van der Waals surface area contributed by atoms with Crippen molar-refractivity contribution in [3.05, 3.63) is 0 Å². The first-order valence-corrected chi connectivity index (χ1v) is 1.71. The molecule has 0 aromatic carbocycles. The Hall–Kier alpha value is 0.104. The fraction of sp³-hybridized carbons (Fsp3) is 0.667. The summed E-state index contributed by atoms with van der Waals surface area (Å²) in [4.78, 5) is 9.49. The molecule has 0 bridgehead atoms. The molecule has 0 atom stereocenters. The fourth-order valence-corrected chi connectivity index (χ4v) is 0.156. The summed E-state index contributed by atoms with van der Waals surface area (Å²) in [5, 5.41) is 23.6. The summed E-state index contributed by atoms with van der Waals surface area (Å²) >= 11 is 0. The second-order valence-electron chi connectivity index (χ2n) is 1.08. The monoisotopic (exact) mass is 154 g/mol. The predicted octanol–water partition coefficient (Wildman–Crippen LogP) is -1.23. The van der Waals surface area contributed by atoms with E-state index in [4.69, 9.17) is 15.3 Å². The van der Waals surface area contributed by atoms with Crippen molar-refractivity contribution in [2.45, 2.75) is 12.7 Å². The number of carbonyl (C=O) groups is 1. The molecule has 0 fully saturated rings. The van der Waals surface area contributed by atoms with Gasteiger partial charge in [-0.3, -0.25) is 4.79 Å². The average molecular weight is 154 g/mol. The third kappa shape index (κ3) is 9.44. The molecule has 0 aliphatic heterocycles. The first-order valence-electron chi connectivity index (χ1n) is 1.71. The van der Waals surface area contributed by atoms with Gasteiger partial charge in [0.25, 0.3) is 0 Å². The van der Waals surface area contributed by atoms with Gasteiger partial charge in [0.2, 0.25) is 0 Å². The van der Waals surface area contributed by atoms with Crippen molar-refractivity contribution in [2.75, 3.05) is 0 Å². The average Bonchev–Trinajstić information content (AvgIpc) is 1.27. The SMILES string of the molecule is O=C(O)CC(O)O.[Ti]. The van der Waals surface area contributed by atoms with Crippen LogP contribution in [-0.4, -0.2) is 27.6 Å². The third-order valence-corrected chi connectivity index (χ3v) is 0.357. The zero-order chi connectivity index (χ0) is 5.86. The molecule has 0 heterocycles. The predicted molar refractivity (Wildman–Crippen MR) is 20.5 cm³/mol. The Morgan fingerprint density at radius 2 is 1.88 bits per heavy atom. The topological polar surface area (TPSA) is 77.8 Å². The molecule has 3 N–H and O–H groups in total. The van der Waals surface area contributed by atoms with Crippen LogP contribution in [-0.2, 0) is 26.5 Å². The molecule has 0 spiro atoms. The van der Waals surface area contributed by atoms with Gasteiger partial charge in [-0.15, -0.1) is 0 Å². The van der Waals surface area contributed by atoms with Crippen molar-refractivity contribution < 1.29 is 41.8 Å². The van der Waals surface area contributed by atoms with Crippen LogP contribution in [0.4, 0.5) is 0 Å². The number of rotatable bonds is 2. The summed E-state index contributed by atoms with van der Waals surface area (Å²) in [7, 11) is 0. The van der Waals surface area contributed by atoms with E-state index in [9.17, 15) is 4.79 Å². The van der Waals surface area contributed by atoms with Crippen molar-refractivity contribution in [1.29, 1.82) is 0 Å². The van der Waals surface area contributed by atoms with Crippen LogP contribution in [0.25, 0.3) is 0 Å². The maximum atomic E-state index is 9.49. The van der Waals surface area contributed by atoms with Crippen LogP contribution < -0.4 is 0 Å². The van der Waals surface area contributed by atoms with Crippen molar-refractivity contribution in [2.24, 2.45) is 0 Å². The minimum Gasteiger partial charge on any atom is -0.481 e. The summed E-state index contributed by atoms with van der Waals surface area (Å²) in [6.45, 7) is 0. The van der Waals surface area contributed by atoms with Gasteiger partial charge >= 0.3 is 5.97 Å². The molecule has 0 radical (unpaired) electrons. The van der Waals surface area contributed by atoms with Crippen LogP contribution in [0.5, 0.6) is 0 Å². The second kappa shape index (κ2) is 5.25. The minimum absolute atomic E-state index is 0. The van der Waals surface area contributed by atoms with E-state index in [1.807, 2.05) is 0 Å². The Kier molecular flexibility index (Phi) is 7.20. The molecule has 0 saturated carbocycles. The molecule has 8 heavy (non-hydrogen) atoms. The van der Waals surface area contributed by atoms with Crippen molar-refractivity contribution >= 4 is 5.97 Å². The van der Waals surface area contributed by atoms with E-state index < -0.39 is 18.7 Å². The molecule has 0 aliphatic carbocycles. The molecule has 5 heteroatoms. The largest absolute Gasteiger partial charge is 0.481 e. The van der Waals surface area contributed by atoms with Gasteiger partial charge in [0, 0.05) is 21.7 Å². The van der Waals surface area contributed by atoms with E-state index in [-0.39, 0.29) is 21.7 Å². The van der Waals surface area contributed by atoms with Crippen molar-refractivity contribution in [1.82, 2.24) is 0 Å². The molecule has 0 aromatic rings. The smallest absolute Gasteiger partial charge is 0.308 e. The summed E-state index contributed by atoms with van der Waals surface area (Å²) in [6, 6.07) is 0. The number of aliphatic hydroxyl groups is 2. The number of hydrogen-bond donors (Lipinski definition) is 3. The Morgan fingerprint density at radius 3 is 1.88 bits per heavy atom. The van der Waals surface area contributed by atoms with E-state index in [1.54, 1.807) is 0 Å². The van der Waals surface area contributed by atoms with Gasteiger partial charge in [0.05, 0.1) is 6.42 Å². The maximum absolute atomic E-state index is 9.49. The Morgan fingerprint density at radius 1 is 1.50 bits per heavy atom. The molecule has 0 saturated heterocycles. The molecule has 0 aliphatic rings. The Bertz CT molecular complexity index is 71.7. The van der Waals surface area contributed by atoms with Gasteiger partial charge in [0.1, 0.15) is 0 Å². The van der Waals surface area contributed by atoms with E-state index in [0.29, 0.717) is 0 Å². The zero-order valence-corrected chi connectivity index (χ0v) is 5.60. The van der Waals surface area contributed by atoms with Crippen molar-refractivity contribution in [3.8, 4) is 0 Å². The van der Waals surface area contributed by atoms with Crippen LogP contribution in [0.2, 0.25) is 0 Å². The summed E-state index contributed by atoms with van der Waals surface area (Å²) in [6.07, 6.45) is -2.34. The quantitative estimate of drug-likeness (QED) is 0.343. The third-order valence-electron chi connectivity index (χ3n) is 0.357. The molecule has 0 rings (SSSR count). The normalized spacial score (nSPS) is 8.38. The van der Waals surface area contributed by atoms with E-state index in [2.05, 4.69) is 0 Å². The van der Waals surface area contributed by atoms with Crippen LogP contribution >= 0.6 is 0 Å². The second-order valence-corrected chi connectivity index (χ2v) is 1.08. The van der Waals surface area contributed by atoms with Gasteiger partial charge in [-0.25, -0.2) is 0 Å². The summed E-state index contributed by atoms with van der Waals surface area (Å²) in [5.41, 5.74) is 0. The van der Waals surface area contributed by atoms with Gasteiger partial charge < -0.3 is 15.3 Å². The molecule has 0 amide bonds. The number of aliphatic carboxylic acids is 1. The number of aliphatic hydroxyl groups excluding tert-OH is 1. The Labute approximate surface area is 61.0 Å². The van der Waals surface area contributed by atoms with E-state index in [0.717, 1.165) is 0 Å². The van der Waals surface area contributed by atoms with Gasteiger partial charge in [-0.1, -0.05) is 0 Å². The van der Waals surface area contributed by atoms with Crippen LogP contribution in [0.15, 0.2) is 0 Å². The van der Waals surface area contributed by atoms with Crippen LogP contribution in [0.1, 0.15) is 6.42 Å². The van der Waals surface area contributed by atoms with Crippen LogP contribution in [0.3, 0.4) is 0 Å². The zero-order valence-electron chi connectivity index (χ0n) is 4.03. The fourth-order valence-electron chi connectivity index (χ4n) is 0.156. The molecule has 4 nitrogen and oxygen atoms in total. The standard InChI is InChI=1S/C3H6O4.Ti/c4-2(5)1-3(6)7;/h2,4-5H,1H2,(H,6,7);. The van der Waals surface area contributed by atoms with Gasteiger partial charge in [-0.2, -0.15) is 0 Å². The van der Waals surface area contributed by atoms with Gasteiger partial charge in [0.15, 0.2) is 6.29 Å². The Balaban J connectivity index is 0. The first kappa shape index (κ1) is 11.0. The van der Waals surface area contributed by atoms with E-state index >= 15 is 0 Å².